The maximum absolute atomic E-state index is 12.4. The summed E-state index contributed by atoms with van der Waals surface area (Å²) < 4.78 is 23.0. The Labute approximate surface area is 119 Å². The van der Waals surface area contributed by atoms with Crippen molar-refractivity contribution in [2.24, 2.45) is 11.1 Å². The Morgan fingerprint density at radius 2 is 1.95 bits per heavy atom. The second-order valence-electron chi connectivity index (χ2n) is 6.26. The summed E-state index contributed by atoms with van der Waals surface area (Å²) in [5.74, 6) is -1.90. The number of carboxylic acids is 1. The van der Waals surface area contributed by atoms with Crippen LogP contribution in [0.4, 0.5) is 0 Å². The lowest BCUT2D eigenvalue weighted by Gasteiger charge is -2.34. The summed E-state index contributed by atoms with van der Waals surface area (Å²) in [6.45, 7) is 4.81. The van der Waals surface area contributed by atoms with Crippen molar-refractivity contribution >= 4 is 21.7 Å². The Balaban J connectivity index is 2.96. The third kappa shape index (κ3) is 4.17. The highest BCUT2D eigenvalue weighted by Gasteiger charge is 2.39. The molecule has 7 nitrogen and oxygen atoms in total. The zero-order valence-electron chi connectivity index (χ0n) is 12.0. The van der Waals surface area contributed by atoms with E-state index < -0.39 is 45.8 Å². The van der Waals surface area contributed by atoms with E-state index in [2.05, 4.69) is 0 Å². The van der Waals surface area contributed by atoms with Gasteiger partial charge in [0.25, 0.3) is 0 Å². The van der Waals surface area contributed by atoms with Crippen LogP contribution in [0.5, 0.6) is 0 Å². The van der Waals surface area contributed by atoms with Gasteiger partial charge in [-0.05, 0) is 11.8 Å². The van der Waals surface area contributed by atoms with Gasteiger partial charge in [-0.3, -0.25) is 9.59 Å². The summed E-state index contributed by atoms with van der Waals surface area (Å²) in [6.07, 6.45) is 0.262. The molecule has 0 aromatic heterocycles. The molecule has 8 heteroatoms. The van der Waals surface area contributed by atoms with Gasteiger partial charge in [-0.15, -0.1) is 0 Å². The maximum Gasteiger partial charge on any atom is 0.323 e. The minimum atomic E-state index is -3.20. The molecule has 1 saturated heterocycles. The van der Waals surface area contributed by atoms with Crippen LogP contribution in [0.25, 0.3) is 0 Å². The Kier molecular flexibility index (Phi) is 4.81. The lowest BCUT2D eigenvalue weighted by molar-refractivity contribution is -0.147. The van der Waals surface area contributed by atoms with Crippen molar-refractivity contribution in [3.8, 4) is 0 Å². The first kappa shape index (κ1) is 16.9. The molecule has 1 heterocycles. The number of amides is 1. The number of rotatable bonds is 4. The second-order valence-corrected chi connectivity index (χ2v) is 8.49. The molecule has 0 aromatic rings. The fourth-order valence-electron chi connectivity index (χ4n) is 2.10. The van der Waals surface area contributed by atoms with Crippen molar-refractivity contribution in [3.63, 3.8) is 0 Å². The molecule has 0 aliphatic carbocycles. The normalized spacial score (nSPS) is 23.3. The molecule has 1 fully saturated rings. The van der Waals surface area contributed by atoms with Crippen LogP contribution in [0, 0.1) is 5.41 Å². The first-order chi connectivity index (χ1) is 8.94. The Bertz CT molecular complexity index is 494. The van der Waals surface area contributed by atoms with Gasteiger partial charge in [0.1, 0.15) is 6.54 Å². The van der Waals surface area contributed by atoms with E-state index in [1.54, 1.807) is 20.8 Å². The fourth-order valence-corrected chi connectivity index (χ4v) is 3.83. The van der Waals surface area contributed by atoms with Crippen molar-refractivity contribution in [3.05, 3.63) is 0 Å². The average Bonchev–Trinajstić information content (AvgIpc) is 2.63. The van der Waals surface area contributed by atoms with Crippen molar-refractivity contribution in [1.82, 2.24) is 4.90 Å². The summed E-state index contributed by atoms with van der Waals surface area (Å²) in [5.41, 5.74) is 5.35. The van der Waals surface area contributed by atoms with E-state index in [-0.39, 0.29) is 17.9 Å². The quantitative estimate of drug-likeness (QED) is 0.720. The second kappa shape index (κ2) is 5.69. The first-order valence-electron chi connectivity index (χ1n) is 6.42. The van der Waals surface area contributed by atoms with E-state index in [9.17, 15) is 18.0 Å². The zero-order valence-corrected chi connectivity index (χ0v) is 12.8. The SMILES string of the molecule is CC(C)(C)[C@@H](N)C(=O)N(CC(=O)O)C1CCS(=O)(=O)C1. The number of carbonyl (C=O) groups excluding carboxylic acids is 1. The lowest BCUT2D eigenvalue weighted by atomic mass is 9.86. The molecule has 1 aliphatic rings. The standard InChI is InChI=1S/C12H22N2O5S/c1-12(2,3)10(13)11(17)14(6-9(15)16)8-4-5-20(18,19)7-8/h8,10H,4-7,13H2,1-3H3,(H,15,16)/t8?,10-/m0/s1. The topological polar surface area (TPSA) is 118 Å². The van der Waals surface area contributed by atoms with Gasteiger partial charge in [-0.2, -0.15) is 0 Å². The lowest BCUT2D eigenvalue weighted by Crippen LogP contribution is -2.55. The first-order valence-corrected chi connectivity index (χ1v) is 8.24. The number of carbonyl (C=O) groups is 2. The molecular weight excluding hydrogens is 284 g/mol. The van der Waals surface area contributed by atoms with Gasteiger partial charge < -0.3 is 15.7 Å². The molecule has 1 aliphatic heterocycles. The molecule has 0 bridgehead atoms. The summed E-state index contributed by atoms with van der Waals surface area (Å²) in [5, 5.41) is 8.92. The molecule has 2 atom stereocenters. The molecule has 0 aromatic carbocycles. The van der Waals surface area contributed by atoms with Crippen LogP contribution in [0.15, 0.2) is 0 Å². The summed E-state index contributed by atoms with van der Waals surface area (Å²) in [6, 6.07) is -1.47. The van der Waals surface area contributed by atoms with Crippen molar-refractivity contribution in [2.45, 2.75) is 39.3 Å². The average molecular weight is 306 g/mol. The largest absolute Gasteiger partial charge is 0.480 e. The summed E-state index contributed by atoms with van der Waals surface area (Å²) >= 11 is 0. The predicted octanol–water partition coefficient (Wildman–Crippen LogP) is -0.540. The Morgan fingerprint density at radius 3 is 2.30 bits per heavy atom. The van der Waals surface area contributed by atoms with Gasteiger partial charge in [-0.25, -0.2) is 8.42 Å². The number of hydrogen-bond donors (Lipinski definition) is 2. The van der Waals surface area contributed by atoms with Crippen molar-refractivity contribution in [1.29, 1.82) is 0 Å². The zero-order chi connectivity index (χ0) is 15.7. The molecule has 1 amide bonds. The van der Waals surface area contributed by atoms with Crippen LogP contribution < -0.4 is 5.73 Å². The highest BCUT2D eigenvalue weighted by Crippen LogP contribution is 2.23. The van der Waals surface area contributed by atoms with Crippen LogP contribution >= 0.6 is 0 Å². The van der Waals surface area contributed by atoms with Crippen LogP contribution in [-0.2, 0) is 19.4 Å². The molecule has 20 heavy (non-hydrogen) atoms. The monoisotopic (exact) mass is 306 g/mol. The van der Waals surface area contributed by atoms with Crippen LogP contribution in [0.1, 0.15) is 27.2 Å². The molecule has 3 N–H and O–H groups in total. The minimum Gasteiger partial charge on any atom is -0.480 e. The highest BCUT2D eigenvalue weighted by atomic mass is 32.2. The molecule has 1 rings (SSSR count). The molecule has 1 unspecified atom stereocenters. The number of nitrogens with two attached hydrogens (primary N) is 1. The molecule has 116 valence electrons. The number of carboxylic acid groups (broad SMARTS) is 1. The van der Waals surface area contributed by atoms with E-state index in [0.29, 0.717) is 0 Å². The van der Waals surface area contributed by atoms with Crippen molar-refractivity contribution in [2.75, 3.05) is 18.1 Å². The minimum absolute atomic E-state index is 0.0220. The number of hydrogen-bond acceptors (Lipinski definition) is 5. The third-order valence-corrected chi connectivity index (χ3v) is 5.19. The molecular formula is C12H22N2O5S. The predicted molar refractivity (Wildman–Crippen MR) is 73.8 cm³/mol. The van der Waals surface area contributed by atoms with Crippen LogP contribution in [0.2, 0.25) is 0 Å². The number of aliphatic carboxylic acids is 1. The van der Waals surface area contributed by atoms with E-state index in [1.165, 1.54) is 0 Å². The van der Waals surface area contributed by atoms with Crippen LogP contribution in [-0.4, -0.2) is 60.4 Å². The summed E-state index contributed by atoms with van der Waals surface area (Å²) in [4.78, 5) is 24.4. The maximum atomic E-state index is 12.4. The van der Waals surface area contributed by atoms with Crippen LogP contribution in [0.3, 0.4) is 0 Å². The molecule has 0 saturated carbocycles. The smallest absolute Gasteiger partial charge is 0.323 e. The van der Waals surface area contributed by atoms with Crippen molar-refractivity contribution < 1.29 is 23.1 Å². The van der Waals surface area contributed by atoms with Gasteiger partial charge >= 0.3 is 5.97 Å². The van der Waals surface area contributed by atoms with Gasteiger partial charge in [0, 0.05) is 6.04 Å². The fraction of sp³-hybridized carbons (Fsp3) is 0.833. The molecule has 0 spiro atoms. The van der Waals surface area contributed by atoms with Gasteiger partial charge in [0.15, 0.2) is 9.84 Å². The van der Waals surface area contributed by atoms with E-state index in [1.807, 2.05) is 0 Å². The highest BCUT2D eigenvalue weighted by molar-refractivity contribution is 7.91. The van der Waals surface area contributed by atoms with E-state index in [0.717, 1.165) is 4.90 Å². The Hall–Kier alpha value is -1.15. The van der Waals surface area contributed by atoms with Gasteiger partial charge in [0.2, 0.25) is 5.91 Å². The Morgan fingerprint density at radius 1 is 1.40 bits per heavy atom. The van der Waals surface area contributed by atoms with E-state index >= 15 is 0 Å². The molecule has 0 radical (unpaired) electrons. The summed E-state index contributed by atoms with van der Waals surface area (Å²) in [7, 11) is -3.20. The number of nitrogens with zero attached hydrogens (tertiary/aromatic N) is 1. The van der Waals surface area contributed by atoms with Gasteiger partial charge in [-0.1, -0.05) is 20.8 Å². The third-order valence-electron chi connectivity index (χ3n) is 3.44. The van der Waals surface area contributed by atoms with E-state index in [4.69, 9.17) is 10.8 Å². The van der Waals surface area contributed by atoms with Gasteiger partial charge in [0.05, 0.1) is 17.5 Å². The number of sulfone groups is 1.